The van der Waals surface area contributed by atoms with Gasteiger partial charge in [0.05, 0.1) is 13.2 Å². The summed E-state index contributed by atoms with van der Waals surface area (Å²) in [6.45, 7) is 4.17. The van der Waals surface area contributed by atoms with Crippen LogP contribution in [-0.4, -0.2) is 70.7 Å². The van der Waals surface area contributed by atoms with Gasteiger partial charge in [0, 0.05) is 38.2 Å². The molecule has 1 saturated heterocycles. The smallest absolute Gasteiger partial charge is 0.323 e. The molecule has 0 atom stereocenters. The zero-order valence-electron chi connectivity index (χ0n) is 16.7. The van der Waals surface area contributed by atoms with E-state index in [-0.39, 0.29) is 17.7 Å². The normalized spacial score (nSPS) is 13.6. The summed E-state index contributed by atoms with van der Waals surface area (Å²) in [5, 5.41) is 11.9. The van der Waals surface area contributed by atoms with Gasteiger partial charge >= 0.3 is 5.97 Å². The van der Waals surface area contributed by atoms with Gasteiger partial charge in [0.2, 0.25) is 23.7 Å². The molecule has 1 fully saturated rings. The van der Waals surface area contributed by atoms with E-state index >= 15 is 0 Å². The van der Waals surface area contributed by atoms with Gasteiger partial charge in [-0.3, -0.25) is 19.3 Å². The van der Waals surface area contributed by atoms with Gasteiger partial charge in [0.15, 0.2) is 5.82 Å². The number of aliphatic carboxylic acids is 1. The largest absolute Gasteiger partial charge is 0.480 e. The average molecular weight is 414 g/mol. The van der Waals surface area contributed by atoms with E-state index in [4.69, 9.17) is 4.74 Å². The number of morpholine rings is 1. The Labute approximate surface area is 172 Å². The fourth-order valence-electron chi connectivity index (χ4n) is 2.91. The van der Waals surface area contributed by atoms with Gasteiger partial charge in [0.1, 0.15) is 6.54 Å². The van der Waals surface area contributed by atoms with Crippen LogP contribution in [0.15, 0.2) is 24.3 Å². The Hall–Kier alpha value is -3.60. The SMILES string of the molecule is CC(=O)Nc1cccc(-c2nc(N3CCOCC3)nc(N(CC(=O)O)C(C)=O)n2)c1. The first kappa shape index (κ1) is 21.1. The minimum Gasteiger partial charge on any atom is -0.480 e. The molecule has 0 bridgehead atoms. The van der Waals surface area contributed by atoms with E-state index in [2.05, 4.69) is 20.3 Å². The van der Waals surface area contributed by atoms with Crippen molar-refractivity contribution in [1.29, 1.82) is 0 Å². The van der Waals surface area contributed by atoms with E-state index in [1.54, 1.807) is 24.3 Å². The highest BCUT2D eigenvalue weighted by Gasteiger charge is 2.23. The zero-order valence-corrected chi connectivity index (χ0v) is 16.7. The monoisotopic (exact) mass is 414 g/mol. The van der Waals surface area contributed by atoms with Crippen LogP contribution in [0.25, 0.3) is 11.4 Å². The minimum atomic E-state index is -1.19. The van der Waals surface area contributed by atoms with Gasteiger partial charge in [-0.1, -0.05) is 12.1 Å². The molecule has 11 nitrogen and oxygen atoms in total. The number of carbonyl (C=O) groups excluding carboxylic acids is 2. The minimum absolute atomic E-state index is 0.0543. The van der Waals surface area contributed by atoms with Crippen molar-refractivity contribution in [3.63, 3.8) is 0 Å². The summed E-state index contributed by atoms with van der Waals surface area (Å²) in [6.07, 6.45) is 0. The van der Waals surface area contributed by atoms with Crippen LogP contribution in [0.1, 0.15) is 13.8 Å². The van der Waals surface area contributed by atoms with E-state index in [1.807, 2.05) is 4.90 Å². The molecule has 158 valence electrons. The quantitative estimate of drug-likeness (QED) is 0.702. The Morgan fingerprint density at radius 2 is 1.90 bits per heavy atom. The molecule has 1 aromatic carbocycles. The second-order valence-corrected chi connectivity index (χ2v) is 6.62. The van der Waals surface area contributed by atoms with Crippen molar-refractivity contribution in [2.75, 3.05) is 48.0 Å². The van der Waals surface area contributed by atoms with E-state index in [1.165, 1.54) is 13.8 Å². The number of hydrogen-bond donors (Lipinski definition) is 2. The summed E-state index contributed by atoms with van der Waals surface area (Å²) in [6, 6.07) is 6.91. The molecule has 0 spiro atoms. The summed E-state index contributed by atoms with van der Waals surface area (Å²) in [4.78, 5) is 50.8. The van der Waals surface area contributed by atoms with Crippen molar-refractivity contribution < 1.29 is 24.2 Å². The Balaban J connectivity index is 2.08. The Bertz CT molecular complexity index is 960. The first-order valence-corrected chi connectivity index (χ1v) is 9.30. The predicted octanol–water partition coefficient (Wildman–Crippen LogP) is 0.771. The van der Waals surface area contributed by atoms with Crippen LogP contribution >= 0.6 is 0 Å². The predicted molar refractivity (Wildman–Crippen MR) is 108 cm³/mol. The number of carboxylic acid groups (broad SMARTS) is 1. The molecular weight excluding hydrogens is 392 g/mol. The molecule has 1 aliphatic heterocycles. The first-order chi connectivity index (χ1) is 14.3. The number of rotatable bonds is 6. The summed E-state index contributed by atoms with van der Waals surface area (Å²) in [5.41, 5.74) is 1.14. The highest BCUT2D eigenvalue weighted by molar-refractivity contribution is 5.94. The van der Waals surface area contributed by atoms with Gasteiger partial charge in [0.25, 0.3) is 0 Å². The van der Waals surface area contributed by atoms with Crippen molar-refractivity contribution >= 4 is 35.4 Å². The number of anilines is 3. The van der Waals surface area contributed by atoms with Gasteiger partial charge < -0.3 is 20.1 Å². The second kappa shape index (κ2) is 9.27. The van der Waals surface area contributed by atoms with E-state index in [0.717, 1.165) is 4.90 Å². The number of benzene rings is 1. The zero-order chi connectivity index (χ0) is 21.7. The van der Waals surface area contributed by atoms with Crippen LogP contribution in [-0.2, 0) is 19.1 Å². The molecule has 30 heavy (non-hydrogen) atoms. The molecule has 0 aliphatic carbocycles. The van der Waals surface area contributed by atoms with Gasteiger partial charge in [-0.15, -0.1) is 0 Å². The lowest BCUT2D eigenvalue weighted by molar-refractivity contribution is -0.136. The molecule has 2 amide bonds. The van der Waals surface area contributed by atoms with Gasteiger partial charge in [-0.05, 0) is 12.1 Å². The lowest BCUT2D eigenvalue weighted by Gasteiger charge is -2.28. The van der Waals surface area contributed by atoms with Gasteiger partial charge in [-0.25, -0.2) is 0 Å². The molecule has 0 unspecified atom stereocenters. The molecule has 2 N–H and O–H groups in total. The Morgan fingerprint density at radius 3 is 2.53 bits per heavy atom. The maximum absolute atomic E-state index is 12.1. The first-order valence-electron chi connectivity index (χ1n) is 9.30. The van der Waals surface area contributed by atoms with Crippen LogP contribution in [0, 0.1) is 0 Å². The van der Waals surface area contributed by atoms with Crippen molar-refractivity contribution in [2.24, 2.45) is 0 Å². The molecule has 0 saturated carbocycles. The molecular formula is C19H22N6O5. The summed E-state index contributed by atoms with van der Waals surface area (Å²) in [5.74, 6) is -1.39. The number of nitrogens with zero attached hydrogens (tertiary/aromatic N) is 5. The fraction of sp³-hybridized carbons (Fsp3) is 0.368. The van der Waals surface area contributed by atoms with Crippen molar-refractivity contribution in [1.82, 2.24) is 15.0 Å². The third-order valence-corrected chi connectivity index (χ3v) is 4.26. The number of amides is 2. The lowest BCUT2D eigenvalue weighted by atomic mass is 10.2. The van der Waals surface area contributed by atoms with Crippen molar-refractivity contribution in [3.05, 3.63) is 24.3 Å². The molecule has 3 rings (SSSR count). The summed E-state index contributed by atoms with van der Waals surface area (Å²) >= 11 is 0. The third-order valence-electron chi connectivity index (χ3n) is 4.26. The van der Waals surface area contributed by atoms with Crippen LogP contribution in [0.4, 0.5) is 17.6 Å². The van der Waals surface area contributed by atoms with Crippen LogP contribution in [0.3, 0.4) is 0 Å². The van der Waals surface area contributed by atoms with Crippen LogP contribution in [0.5, 0.6) is 0 Å². The topological polar surface area (TPSA) is 138 Å². The standard InChI is InChI=1S/C19H22N6O5/c1-12(26)20-15-5-3-4-14(10-15)17-21-18(24-6-8-30-9-7-24)23-19(22-17)25(13(2)27)11-16(28)29/h3-5,10H,6-9,11H2,1-2H3,(H,20,26)(H,28,29). The number of ether oxygens (including phenoxy) is 1. The molecule has 2 heterocycles. The van der Waals surface area contributed by atoms with Crippen LogP contribution < -0.4 is 15.1 Å². The van der Waals surface area contributed by atoms with E-state index in [0.29, 0.717) is 43.5 Å². The Kier molecular flexibility index (Phi) is 6.52. The van der Waals surface area contributed by atoms with E-state index < -0.39 is 18.4 Å². The molecule has 1 aliphatic rings. The van der Waals surface area contributed by atoms with E-state index in [9.17, 15) is 19.5 Å². The molecule has 11 heteroatoms. The third kappa shape index (κ3) is 5.26. The van der Waals surface area contributed by atoms with Crippen LogP contribution in [0.2, 0.25) is 0 Å². The lowest BCUT2D eigenvalue weighted by Crippen LogP contribution is -2.39. The molecule has 2 aromatic rings. The number of carbonyl (C=O) groups is 3. The Morgan fingerprint density at radius 1 is 1.17 bits per heavy atom. The number of carboxylic acids is 1. The molecule has 1 aromatic heterocycles. The molecule has 0 radical (unpaired) electrons. The summed E-state index contributed by atoms with van der Waals surface area (Å²) in [7, 11) is 0. The van der Waals surface area contributed by atoms with Gasteiger partial charge in [-0.2, -0.15) is 15.0 Å². The number of hydrogen-bond acceptors (Lipinski definition) is 8. The number of nitrogens with one attached hydrogen (secondary N) is 1. The highest BCUT2D eigenvalue weighted by atomic mass is 16.5. The van der Waals surface area contributed by atoms with Crippen molar-refractivity contribution in [2.45, 2.75) is 13.8 Å². The highest BCUT2D eigenvalue weighted by Crippen LogP contribution is 2.24. The fourth-order valence-corrected chi connectivity index (χ4v) is 2.91. The second-order valence-electron chi connectivity index (χ2n) is 6.62. The maximum atomic E-state index is 12.1. The summed E-state index contributed by atoms with van der Waals surface area (Å²) < 4.78 is 5.36. The van der Waals surface area contributed by atoms with Crippen molar-refractivity contribution in [3.8, 4) is 11.4 Å². The number of aromatic nitrogens is 3. The average Bonchev–Trinajstić information content (AvgIpc) is 2.72. The maximum Gasteiger partial charge on any atom is 0.323 e.